The van der Waals surface area contributed by atoms with Gasteiger partial charge in [0.1, 0.15) is 0 Å². The number of hydrogen-bond acceptors (Lipinski definition) is 3. The summed E-state index contributed by atoms with van der Waals surface area (Å²) in [5, 5.41) is 9.45. The maximum absolute atomic E-state index is 10.9. The molecule has 1 aliphatic rings. The monoisotopic (exact) mass is 224 g/mol. The first-order chi connectivity index (χ1) is 7.59. The lowest BCUT2D eigenvalue weighted by Crippen LogP contribution is -2.38. The minimum absolute atomic E-state index is 0.0303. The van der Waals surface area contributed by atoms with Crippen molar-refractivity contribution >= 4 is 5.91 Å². The van der Waals surface area contributed by atoms with Crippen molar-refractivity contribution in [1.29, 1.82) is 0 Å². The lowest BCUT2D eigenvalue weighted by atomic mass is 10.1. The van der Waals surface area contributed by atoms with Crippen LogP contribution in [0.25, 0.3) is 0 Å². The van der Waals surface area contributed by atoms with E-state index in [1.807, 2.05) is 0 Å². The number of β-amino-alcohol motifs (C(OH)–C–C–N with tert-alkyl or cyclic N) is 1. The predicted octanol–water partition coefficient (Wildman–Crippen LogP) is -0.0752. The highest BCUT2D eigenvalue weighted by Crippen LogP contribution is 2.08. The molecule has 1 aliphatic heterocycles. The van der Waals surface area contributed by atoms with Gasteiger partial charge in [0.25, 0.3) is 0 Å². The van der Waals surface area contributed by atoms with Gasteiger partial charge >= 0.3 is 0 Å². The number of aliphatic hydroxyl groups excluding tert-OH is 1. The third-order valence-electron chi connectivity index (χ3n) is 2.76. The molecule has 0 aromatic heterocycles. The Morgan fingerprint density at radius 3 is 2.94 bits per heavy atom. The molecule has 0 aromatic carbocycles. The molecule has 1 fully saturated rings. The van der Waals surface area contributed by atoms with Crippen molar-refractivity contribution in [3.8, 4) is 11.8 Å². The summed E-state index contributed by atoms with van der Waals surface area (Å²) in [6, 6.07) is 0. The summed E-state index contributed by atoms with van der Waals surface area (Å²) in [6.07, 6.45) is 1.74. The van der Waals surface area contributed by atoms with Gasteiger partial charge in [0.2, 0.25) is 5.91 Å². The van der Waals surface area contributed by atoms with E-state index in [-0.39, 0.29) is 12.0 Å². The molecule has 90 valence electrons. The van der Waals surface area contributed by atoms with Gasteiger partial charge in [0, 0.05) is 20.5 Å². The van der Waals surface area contributed by atoms with Crippen molar-refractivity contribution in [2.75, 3.05) is 33.2 Å². The van der Waals surface area contributed by atoms with E-state index < -0.39 is 0 Å². The maximum Gasteiger partial charge on any atom is 0.219 e. The minimum Gasteiger partial charge on any atom is -0.392 e. The quantitative estimate of drug-likeness (QED) is 0.668. The number of carbonyl (C=O) groups is 1. The van der Waals surface area contributed by atoms with E-state index in [1.54, 1.807) is 11.9 Å². The molecule has 4 nitrogen and oxygen atoms in total. The molecular formula is C12H20N2O2. The molecule has 0 unspecified atom stereocenters. The lowest BCUT2D eigenvalue weighted by molar-refractivity contribution is -0.126. The third kappa shape index (κ3) is 4.65. The van der Waals surface area contributed by atoms with Crippen molar-refractivity contribution in [2.45, 2.75) is 25.9 Å². The van der Waals surface area contributed by atoms with Crippen LogP contribution >= 0.6 is 0 Å². The van der Waals surface area contributed by atoms with Crippen LogP contribution in [0.15, 0.2) is 0 Å². The van der Waals surface area contributed by atoms with E-state index >= 15 is 0 Å². The van der Waals surface area contributed by atoms with Gasteiger partial charge in [-0.05, 0) is 19.4 Å². The molecule has 1 atom stereocenters. The molecule has 0 spiro atoms. The summed E-state index contributed by atoms with van der Waals surface area (Å²) in [7, 11) is 1.74. The minimum atomic E-state index is -0.199. The highest BCUT2D eigenvalue weighted by molar-refractivity contribution is 5.73. The van der Waals surface area contributed by atoms with Gasteiger partial charge in [-0.3, -0.25) is 9.69 Å². The molecule has 1 heterocycles. The van der Waals surface area contributed by atoms with Crippen LogP contribution in [0.3, 0.4) is 0 Å². The molecule has 4 heteroatoms. The first-order valence-electron chi connectivity index (χ1n) is 5.67. The summed E-state index contributed by atoms with van der Waals surface area (Å²) in [6.45, 7) is 4.42. The van der Waals surface area contributed by atoms with E-state index in [1.165, 1.54) is 6.92 Å². The fourth-order valence-electron chi connectivity index (χ4n) is 1.63. The Bertz CT molecular complexity index is 293. The normalized spacial score (nSPS) is 21.1. The molecule has 1 N–H and O–H groups in total. The van der Waals surface area contributed by atoms with Crippen LogP contribution in [0.4, 0.5) is 0 Å². The predicted molar refractivity (Wildman–Crippen MR) is 62.8 cm³/mol. The number of rotatable bonds is 2. The van der Waals surface area contributed by atoms with Crippen LogP contribution < -0.4 is 0 Å². The zero-order chi connectivity index (χ0) is 12.0. The zero-order valence-corrected chi connectivity index (χ0v) is 10.1. The molecule has 1 amide bonds. The topological polar surface area (TPSA) is 43.8 Å². The van der Waals surface area contributed by atoms with Gasteiger partial charge in [0.15, 0.2) is 0 Å². The van der Waals surface area contributed by atoms with E-state index in [9.17, 15) is 9.90 Å². The van der Waals surface area contributed by atoms with Crippen LogP contribution in [-0.2, 0) is 4.79 Å². The van der Waals surface area contributed by atoms with E-state index in [0.29, 0.717) is 13.1 Å². The van der Waals surface area contributed by atoms with E-state index in [2.05, 4.69) is 16.7 Å². The summed E-state index contributed by atoms with van der Waals surface area (Å²) in [5.74, 6) is 6.02. The Morgan fingerprint density at radius 1 is 1.56 bits per heavy atom. The van der Waals surface area contributed by atoms with Gasteiger partial charge in [-0.15, -0.1) is 0 Å². The maximum atomic E-state index is 10.9. The van der Waals surface area contributed by atoms with Crippen LogP contribution in [0.5, 0.6) is 0 Å². The van der Waals surface area contributed by atoms with Gasteiger partial charge in [-0.2, -0.15) is 0 Å². The summed E-state index contributed by atoms with van der Waals surface area (Å²) < 4.78 is 0. The van der Waals surface area contributed by atoms with E-state index in [0.717, 1.165) is 25.9 Å². The number of amides is 1. The van der Waals surface area contributed by atoms with Crippen LogP contribution in [0.2, 0.25) is 0 Å². The Labute approximate surface area is 97.2 Å². The smallest absolute Gasteiger partial charge is 0.219 e. The Morgan fingerprint density at radius 2 is 2.31 bits per heavy atom. The highest BCUT2D eigenvalue weighted by Gasteiger charge is 2.15. The number of aliphatic hydroxyl groups is 1. The molecule has 0 aliphatic carbocycles. The summed E-state index contributed by atoms with van der Waals surface area (Å²) in [4.78, 5) is 14.6. The van der Waals surface area contributed by atoms with Crippen molar-refractivity contribution < 1.29 is 9.90 Å². The first-order valence-corrected chi connectivity index (χ1v) is 5.67. The molecule has 0 aromatic rings. The number of hydrogen-bond donors (Lipinski definition) is 1. The number of likely N-dealkylation sites (tertiary alicyclic amines) is 1. The molecule has 1 saturated heterocycles. The van der Waals surface area contributed by atoms with Crippen molar-refractivity contribution in [3.05, 3.63) is 0 Å². The van der Waals surface area contributed by atoms with Gasteiger partial charge < -0.3 is 10.0 Å². The molecular weight excluding hydrogens is 204 g/mol. The second kappa shape index (κ2) is 6.51. The SMILES string of the molecule is CC(=O)N(C)CC#CCN1CCC[C@@H](O)C1. The first kappa shape index (κ1) is 13.0. The van der Waals surface area contributed by atoms with Gasteiger partial charge in [-0.1, -0.05) is 11.8 Å². The Balaban J connectivity index is 2.23. The van der Waals surface area contributed by atoms with Crippen molar-refractivity contribution in [3.63, 3.8) is 0 Å². The number of piperidine rings is 1. The molecule has 0 radical (unpaired) electrons. The second-order valence-corrected chi connectivity index (χ2v) is 4.26. The average molecular weight is 224 g/mol. The highest BCUT2D eigenvalue weighted by atomic mass is 16.3. The third-order valence-corrected chi connectivity index (χ3v) is 2.76. The van der Waals surface area contributed by atoms with Crippen LogP contribution in [-0.4, -0.2) is 60.1 Å². The second-order valence-electron chi connectivity index (χ2n) is 4.26. The van der Waals surface area contributed by atoms with Crippen molar-refractivity contribution in [2.24, 2.45) is 0 Å². The molecule has 0 saturated carbocycles. The van der Waals surface area contributed by atoms with Gasteiger partial charge in [-0.25, -0.2) is 0 Å². The molecule has 1 rings (SSSR count). The average Bonchev–Trinajstić information content (AvgIpc) is 2.24. The summed E-state index contributed by atoms with van der Waals surface area (Å²) >= 11 is 0. The fraction of sp³-hybridized carbons (Fsp3) is 0.750. The Kier molecular flexibility index (Phi) is 5.30. The lowest BCUT2D eigenvalue weighted by Gasteiger charge is -2.28. The summed E-state index contributed by atoms with van der Waals surface area (Å²) in [5.41, 5.74) is 0. The van der Waals surface area contributed by atoms with Gasteiger partial charge in [0.05, 0.1) is 19.2 Å². The number of nitrogens with zero attached hydrogens (tertiary/aromatic N) is 2. The Hall–Kier alpha value is -1.05. The molecule has 0 bridgehead atoms. The van der Waals surface area contributed by atoms with Crippen LogP contribution in [0, 0.1) is 11.8 Å². The van der Waals surface area contributed by atoms with Crippen molar-refractivity contribution in [1.82, 2.24) is 9.80 Å². The van der Waals surface area contributed by atoms with E-state index in [4.69, 9.17) is 0 Å². The zero-order valence-electron chi connectivity index (χ0n) is 10.1. The number of carbonyl (C=O) groups excluding carboxylic acids is 1. The van der Waals surface area contributed by atoms with Crippen LogP contribution in [0.1, 0.15) is 19.8 Å². The fourth-order valence-corrected chi connectivity index (χ4v) is 1.63. The largest absolute Gasteiger partial charge is 0.392 e. The molecule has 16 heavy (non-hydrogen) atoms. The standard InChI is InChI=1S/C12H20N2O2/c1-11(15)13(2)7-3-4-8-14-9-5-6-12(16)10-14/h12,16H,5-10H2,1-2H3/t12-/m1/s1.